The van der Waals surface area contributed by atoms with Gasteiger partial charge in [-0.2, -0.15) is 13.2 Å². The predicted octanol–water partition coefficient (Wildman–Crippen LogP) is 6.15. The number of aromatic hydroxyl groups is 2. The van der Waals surface area contributed by atoms with E-state index in [0.29, 0.717) is 11.5 Å². The predicted molar refractivity (Wildman–Crippen MR) is 98.6 cm³/mol. The highest BCUT2D eigenvalue weighted by Crippen LogP contribution is 2.27. The molecule has 0 fully saturated rings. The van der Waals surface area contributed by atoms with Crippen LogP contribution in [0.5, 0.6) is 11.5 Å². The lowest BCUT2D eigenvalue weighted by molar-refractivity contribution is -0.211. The Labute approximate surface area is 167 Å². The zero-order valence-corrected chi connectivity index (χ0v) is 16.5. The van der Waals surface area contributed by atoms with E-state index in [-0.39, 0.29) is 0 Å². The van der Waals surface area contributed by atoms with Crippen molar-refractivity contribution in [3.05, 3.63) is 55.7 Å². The Morgan fingerprint density at radius 1 is 0.680 bits per heavy atom. The summed E-state index contributed by atoms with van der Waals surface area (Å²) < 4.78 is 67.6. The van der Waals surface area contributed by atoms with E-state index in [1.807, 2.05) is 24.3 Å². The van der Waals surface area contributed by atoms with Gasteiger partial charge in [0.1, 0.15) is 11.5 Å². The van der Waals surface area contributed by atoms with Crippen molar-refractivity contribution in [2.45, 2.75) is 18.8 Å². The molecule has 0 aromatic heterocycles. The molecule has 2 rings (SSSR count). The topological polar surface area (TPSA) is 40.5 Å². The van der Waals surface area contributed by atoms with Gasteiger partial charge in [-0.25, -0.2) is 13.2 Å². The first kappa shape index (κ1) is 24.1. The van der Waals surface area contributed by atoms with Crippen LogP contribution in [0.4, 0.5) is 26.3 Å². The molecule has 0 bridgehead atoms. The van der Waals surface area contributed by atoms with Crippen molar-refractivity contribution in [1.82, 2.24) is 0 Å². The number of halogens is 8. The van der Waals surface area contributed by atoms with Crippen LogP contribution in [0, 0.1) is 7.14 Å². The van der Waals surface area contributed by atoms with Crippen LogP contribution in [0.3, 0.4) is 0 Å². The number of benzene rings is 2. The van der Waals surface area contributed by atoms with Crippen LogP contribution in [0.1, 0.15) is 0 Å². The minimum atomic E-state index is -5.44. The molecular weight excluding hydrogens is 580 g/mol. The Balaban J connectivity index is 0.000000346. The highest BCUT2D eigenvalue weighted by Gasteiger charge is 2.46. The number of phenolic OH excluding ortho intramolecular Hbond substituents is 2. The van der Waals surface area contributed by atoms with Gasteiger partial charge in [0.15, 0.2) is 0 Å². The summed E-state index contributed by atoms with van der Waals surface area (Å²) in [7, 11) is 0. The summed E-state index contributed by atoms with van der Waals surface area (Å²) in [5.74, 6) is 0.649. The van der Waals surface area contributed by atoms with E-state index in [1.54, 1.807) is 24.3 Å². The number of hydrogen-bond donors (Lipinski definition) is 2. The number of alkyl halides is 6. The van der Waals surface area contributed by atoms with Crippen LogP contribution in [0.25, 0.3) is 0 Å². The molecule has 0 aliphatic carbocycles. The Hall–Kier alpha value is -0.920. The normalized spacial score (nSPS) is 11.7. The molecule has 10 heteroatoms. The molecule has 2 nitrogen and oxygen atoms in total. The quantitative estimate of drug-likeness (QED) is 0.309. The average molecular weight is 592 g/mol. The van der Waals surface area contributed by atoms with Gasteiger partial charge in [-0.1, -0.05) is 0 Å². The Morgan fingerprint density at radius 3 is 1.08 bits per heavy atom. The van der Waals surface area contributed by atoms with Gasteiger partial charge in [0.2, 0.25) is 0 Å². The lowest BCUT2D eigenvalue weighted by Crippen LogP contribution is -2.30. The second-order valence-corrected chi connectivity index (χ2v) is 6.72. The molecule has 0 aliphatic rings. The van der Waals surface area contributed by atoms with Gasteiger partial charge >= 0.3 is 6.18 Å². The van der Waals surface area contributed by atoms with E-state index < -0.39 is 18.8 Å². The highest BCUT2D eigenvalue weighted by atomic mass is 127. The maximum atomic E-state index is 11.2. The first-order valence-corrected chi connectivity index (χ1v) is 8.47. The van der Waals surface area contributed by atoms with Gasteiger partial charge in [-0.3, -0.25) is 0 Å². The molecule has 0 heterocycles. The van der Waals surface area contributed by atoms with E-state index in [0.717, 1.165) is 7.14 Å². The lowest BCUT2D eigenvalue weighted by atomic mass is 10.3. The second-order valence-electron chi connectivity index (χ2n) is 4.23. The zero-order chi connectivity index (χ0) is 19.6. The van der Waals surface area contributed by atoms with Crippen LogP contribution in [0.15, 0.2) is 48.5 Å². The summed E-state index contributed by atoms with van der Waals surface area (Å²) >= 11 is 4.37. The number of rotatable bonds is 1. The van der Waals surface area contributed by atoms with Crippen LogP contribution in [-0.4, -0.2) is 29.0 Å². The van der Waals surface area contributed by atoms with Crippen molar-refractivity contribution in [3.8, 4) is 11.5 Å². The maximum Gasteiger partial charge on any atom is 0.425 e. The van der Waals surface area contributed by atoms with Gasteiger partial charge in [0.05, 0.1) is 0 Å². The van der Waals surface area contributed by atoms with Crippen LogP contribution >= 0.6 is 45.2 Å². The minimum absolute atomic E-state index is 0.324. The highest BCUT2D eigenvalue weighted by molar-refractivity contribution is 14.1. The average Bonchev–Trinajstić information content (AvgIpc) is 2.52. The fraction of sp³-hybridized carbons (Fsp3) is 0.200. The summed E-state index contributed by atoms with van der Waals surface area (Å²) in [6, 6.07) is 14.1. The zero-order valence-electron chi connectivity index (χ0n) is 12.2. The Kier molecular flexibility index (Phi) is 11.2. The van der Waals surface area contributed by atoms with Crippen molar-refractivity contribution in [3.63, 3.8) is 0 Å². The van der Waals surface area contributed by atoms with Crippen molar-refractivity contribution >= 4 is 45.2 Å². The third-order valence-electron chi connectivity index (χ3n) is 2.19. The SMILES string of the molecule is FC(F)C(F)C(F)(F)F.Oc1ccc(I)cc1.Oc1ccc(I)cc1. The molecule has 1 atom stereocenters. The fourth-order valence-corrected chi connectivity index (χ4v) is 1.74. The molecule has 0 radical (unpaired) electrons. The van der Waals surface area contributed by atoms with Crippen molar-refractivity contribution in [2.75, 3.05) is 0 Å². The molecule has 0 amide bonds. The molecule has 1 unspecified atom stereocenters. The fourth-order valence-electron chi connectivity index (χ4n) is 1.03. The molecule has 0 aliphatic heterocycles. The summed E-state index contributed by atoms with van der Waals surface area (Å²) in [6.07, 6.45) is -13.4. The van der Waals surface area contributed by atoms with Crippen molar-refractivity contribution < 1.29 is 36.6 Å². The van der Waals surface area contributed by atoms with Crippen LogP contribution < -0.4 is 0 Å². The van der Waals surface area contributed by atoms with Gasteiger partial charge in [0, 0.05) is 7.14 Å². The molecule has 0 saturated carbocycles. The molecular formula is C15H12F6I2O2. The van der Waals surface area contributed by atoms with Crippen molar-refractivity contribution in [1.29, 1.82) is 0 Å². The van der Waals surface area contributed by atoms with Gasteiger partial charge < -0.3 is 10.2 Å². The summed E-state index contributed by atoms with van der Waals surface area (Å²) in [5, 5.41) is 17.5. The maximum absolute atomic E-state index is 11.2. The van der Waals surface area contributed by atoms with E-state index in [1.165, 1.54) is 0 Å². The van der Waals surface area contributed by atoms with Gasteiger partial charge in [0.25, 0.3) is 12.6 Å². The van der Waals surface area contributed by atoms with Crippen LogP contribution in [-0.2, 0) is 0 Å². The van der Waals surface area contributed by atoms with E-state index in [9.17, 15) is 26.3 Å². The first-order chi connectivity index (χ1) is 11.4. The van der Waals surface area contributed by atoms with E-state index >= 15 is 0 Å². The Bertz CT molecular complexity index is 517. The largest absolute Gasteiger partial charge is 0.508 e. The van der Waals surface area contributed by atoms with Gasteiger partial charge in [-0.15, -0.1) is 0 Å². The van der Waals surface area contributed by atoms with E-state index in [2.05, 4.69) is 45.2 Å². The minimum Gasteiger partial charge on any atom is -0.508 e. The second kappa shape index (κ2) is 11.6. The summed E-state index contributed by atoms with van der Waals surface area (Å²) in [6.45, 7) is 0. The van der Waals surface area contributed by atoms with E-state index in [4.69, 9.17) is 10.2 Å². The monoisotopic (exact) mass is 592 g/mol. The Morgan fingerprint density at radius 2 is 0.960 bits per heavy atom. The van der Waals surface area contributed by atoms with Gasteiger partial charge in [-0.05, 0) is 93.7 Å². The number of phenols is 2. The van der Waals surface area contributed by atoms with Crippen LogP contribution in [0.2, 0.25) is 0 Å². The molecule has 25 heavy (non-hydrogen) atoms. The number of hydrogen-bond acceptors (Lipinski definition) is 2. The summed E-state index contributed by atoms with van der Waals surface area (Å²) in [5.41, 5.74) is 0. The molecule has 140 valence electrons. The smallest absolute Gasteiger partial charge is 0.425 e. The molecule has 2 aromatic rings. The lowest BCUT2D eigenvalue weighted by Gasteiger charge is -2.09. The first-order valence-electron chi connectivity index (χ1n) is 6.31. The standard InChI is InChI=1S/2C6H5IO.C3H2F6/c2*7-5-1-3-6(8)4-2-5;4-1(2(5)6)3(7,8)9/h2*1-4,8H;1-2H. The third kappa shape index (κ3) is 12.1. The molecule has 2 aromatic carbocycles. The molecule has 0 saturated heterocycles. The molecule has 2 N–H and O–H groups in total. The third-order valence-corrected chi connectivity index (χ3v) is 3.63. The summed E-state index contributed by atoms with van der Waals surface area (Å²) in [4.78, 5) is 0. The van der Waals surface area contributed by atoms with Crippen molar-refractivity contribution in [2.24, 2.45) is 0 Å². The molecule has 0 spiro atoms.